The molecular formula is C25H17F3N4O3S. The first-order valence-electron chi connectivity index (χ1n) is 11.0. The van der Waals surface area contributed by atoms with Crippen LogP contribution >= 0.6 is 0 Å². The lowest BCUT2D eigenvalue weighted by molar-refractivity contribution is -0.137. The van der Waals surface area contributed by atoms with Crippen molar-refractivity contribution >= 4 is 37.5 Å². The molecule has 0 unspecified atom stereocenters. The molecule has 1 aliphatic rings. The van der Waals surface area contributed by atoms with E-state index in [1.807, 2.05) is 24.3 Å². The number of hydrogen-bond donors (Lipinski definition) is 2. The number of benzene rings is 3. The highest BCUT2D eigenvalue weighted by Gasteiger charge is 2.31. The van der Waals surface area contributed by atoms with E-state index in [9.17, 15) is 26.4 Å². The summed E-state index contributed by atoms with van der Waals surface area (Å²) >= 11 is 0. The Balaban J connectivity index is 1.38. The van der Waals surface area contributed by atoms with E-state index in [0.717, 1.165) is 34.3 Å². The van der Waals surface area contributed by atoms with Crippen molar-refractivity contribution in [1.29, 1.82) is 0 Å². The zero-order chi connectivity index (χ0) is 25.2. The molecule has 36 heavy (non-hydrogen) atoms. The highest BCUT2D eigenvalue weighted by molar-refractivity contribution is 7.92. The molecule has 0 fully saturated rings. The van der Waals surface area contributed by atoms with Crippen LogP contribution in [0, 0.1) is 0 Å². The number of halogens is 3. The zero-order valence-corrected chi connectivity index (χ0v) is 19.2. The van der Waals surface area contributed by atoms with E-state index in [2.05, 4.69) is 14.7 Å². The van der Waals surface area contributed by atoms with Crippen molar-refractivity contribution < 1.29 is 21.6 Å². The van der Waals surface area contributed by atoms with Crippen LogP contribution in [0.1, 0.15) is 11.1 Å². The topological polar surface area (TPSA) is 96.8 Å². The molecule has 0 bridgehead atoms. The number of alkyl halides is 3. The number of nitrogens with zero attached hydrogens (tertiary/aromatic N) is 2. The lowest BCUT2D eigenvalue weighted by Gasteiger charge is -2.19. The molecule has 0 radical (unpaired) electrons. The standard InChI is InChI=1S/C25H17F3N4O3S/c26-25(27,28)14-5-8-16(9-6-14)36(34,35)31-15-7-10-21-19(13-15)24(33)32-12-11-18-17-3-1-2-4-20(17)29-22(18)23(32)30-21/h1-10,13,29,31H,11-12H2. The number of fused-ring (bicyclic) bond motifs is 6. The first-order valence-corrected chi connectivity index (χ1v) is 12.4. The van der Waals surface area contributed by atoms with Crippen LogP contribution in [-0.4, -0.2) is 23.0 Å². The Morgan fingerprint density at radius 3 is 2.47 bits per heavy atom. The molecule has 0 spiro atoms. The van der Waals surface area contributed by atoms with E-state index >= 15 is 0 Å². The maximum Gasteiger partial charge on any atom is 0.416 e. The molecule has 6 rings (SSSR count). The number of para-hydroxylation sites is 1. The lowest BCUT2D eigenvalue weighted by atomic mass is 10.0. The second kappa shape index (κ2) is 7.69. The molecule has 0 saturated carbocycles. The molecule has 5 aromatic rings. The van der Waals surface area contributed by atoms with Crippen molar-refractivity contribution in [3.8, 4) is 11.5 Å². The predicted octanol–water partition coefficient (Wildman–Crippen LogP) is 4.92. The van der Waals surface area contributed by atoms with Crippen LogP contribution in [0.4, 0.5) is 18.9 Å². The zero-order valence-electron chi connectivity index (χ0n) is 18.4. The third kappa shape index (κ3) is 3.54. The smallest absolute Gasteiger partial charge is 0.352 e. The minimum absolute atomic E-state index is 0.101. The Morgan fingerprint density at radius 2 is 1.72 bits per heavy atom. The summed E-state index contributed by atoms with van der Waals surface area (Å²) in [5.74, 6) is 0.517. The molecule has 182 valence electrons. The van der Waals surface area contributed by atoms with Crippen LogP contribution in [0.5, 0.6) is 0 Å². The van der Waals surface area contributed by atoms with E-state index in [1.165, 1.54) is 12.1 Å². The first kappa shape index (κ1) is 22.4. The van der Waals surface area contributed by atoms with Gasteiger partial charge in [-0.15, -0.1) is 0 Å². The SMILES string of the molecule is O=c1c2cc(NS(=O)(=O)c3ccc(C(F)(F)F)cc3)ccc2nc2n1CCc1c-2[nH]c2ccccc12. The van der Waals surface area contributed by atoms with Gasteiger partial charge in [-0.1, -0.05) is 18.2 Å². The van der Waals surface area contributed by atoms with Gasteiger partial charge < -0.3 is 4.98 Å². The van der Waals surface area contributed by atoms with Crippen molar-refractivity contribution in [2.45, 2.75) is 24.0 Å². The Hall–Kier alpha value is -4.12. The number of aromatic nitrogens is 3. The minimum atomic E-state index is -4.57. The fourth-order valence-corrected chi connectivity index (χ4v) is 5.64. The number of anilines is 1. The van der Waals surface area contributed by atoms with Crippen molar-refractivity contribution in [2.75, 3.05) is 4.72 Å². The van der Waals surface area contributed by atoms with E-state index in [1.54, 1.807) is 10.6 Å². The Bertz CT molecular complexity index is 1840. The summed E-state index contributed by atoms with van der Waals surface area (Å²) in [5.41, 5.74) is 2.08. The van der Waals surface area contributed by atoms with Gasteiger partial charge in [0, 0.05) is 23.1 Å². The normalized spacial score (nSPS) is 13.5. The molecule has 11 heteroatoms. The maximum atomic E-state index is 13.3. The average Bonchev–Trinajstić information content (AvgIpc) is 3.23. The van der Waals surface area contributed by atoms with Gasteiger partial charge in [-0.05, 0) is 60.5 Å². The van der Waals surface area contributed by atoms with Gasteiger partial charge in [0.15, 0.2) is 5.82 Å². The highest BCUT2D eigenvalue weighted by atomic mass is 32.2. The van der Waals surface area contributed by atoms with E-state index in [0.29, 0.717) is 36.4 Å². The number of nitrogens with one attached hydrogen (secondary N) is 2. The first-order chi connectivity index (χ1) is 17.1. The van der Waals surface area contributed by atoms with Crippen LogP contribution in [-0.2, 0) is 29.2 Å². The minimum Gasteiger partial charge on any atom is -0.352 e. The number of rotatable bonds is 3. The molecule has 3 aromatic carbocycles. The third-order valence-electron chi connectivity index (χ3n) is 6.32. The number of hydrogen-bond acceptors (Lipinski definition) is 4. The second-order valence-electron chi connectivity index (χ2n) is 8.53. The monoisotopic (exact) mass is 510 g/mol. The van der Waals surface area contributed by atoms with Crippen LogP contribution in [0.15, 0.2) is 76.4 Å². The Kier molecular flexibility index (Phi) is 4.77. The summed E-state index contributed by atoms with van der Waals surface area (Å²) in [7, 11) is -4.18. The Labute approximate surface area is 202 Å². The fraction of sp³-hybridized carbons (Fsp3) is 0.120. The summed E-state index contributed by atoms with van der Waals surface area (Å²) in [5, 5.41) is 1.31. The summed E-state index contributed by atoms with van der Waals surface area (Å²) in [4.78, 5) is 21.1. The number of aryl methyl sites for hydroxylation is 1. The highest BCUT2D eigenvalue weighted by Crippen LogP contribution is 2.34. The summed E-state index contributed by atoms with van der Waals surface area (Å²) in [6.07, 6.45) is -3.93. The quantitative estimate of drug-likeness (QED) is 0.360. The molecule has 7 nitrogen and oxygen atoms in total. The molecule has 1 aliphatic heterocycles. The van der Waals surface area contributed by atoms with Gasteiger partial charge in [0.05, 0.1) is 27.1 Å². The van der Waals surface area contributed by atoms with Gasteiger partial charge >= 0.3 is 6.18 Å². The second-order valence-corrected chi connectivity index (χ2v) is 10.2. The maximum absolute atomic E-state index is 13.3. The van der Waals surface area contributed by atoms with Crippen LogP contribution in [0.2, 0.25) is 0 Å². The fourth-order valence-electron chi connectivity index (χ4n) is 4.59. The van der Waals surface area contributed by atoms with Crippen LogP contribution < -0.4 is 10.3 Å². The molecule has 0 aliphatic carbocycles. The third-order valence-corrected chi connectivity index (χ3v) is 7.72. The van der Waals surface area contributed by atoms with Gasteiger partial charge in [0.1, 0.15) is 0 Å². The Morgan fingerprint density at radius 1 is 0.972 bits per heavy atom. The number of sulfonamides is 1. The molecule has 0 amide bonds. The number of aromatic amines is 1. The van der Waals surface area contributed by atoms with Crippen molar-refractivity contribution in [3.05, 3.63) is 88.2 Å². The molecule has 0 atom stereocenters. The van der Waals surface area contributed by atoms with Crippen molar-refractivity contribution in [1.82, 2.24) is 14.5 Å². The van der Waals surface area contributed by atoms with Crippen molar-refractivity contribution in [2.24, 2.45) is 0 Å². The molecular weight excluding hydrogens is 493 g/mol. The van der Waals surface area contributed by atoms with Gasteiger partial charge in [-0.3, -0.25) is 14.1 Å². The average molecular weight is 510 g/mol. The molecule has 0 saturated heterocycles. The summed E-state index contributed by atoms with van der Waals surface area (Å²) in [6.45, 7) is 0.424. The largest absolute Gasteiger partial charge is 0.416 e. The number of H-pyrrole nitrogens is 1. The van der Waals surface area contributed by atoms with Crippen LogP contribution in [0.3, 0.4) is 0 Å². The van der Waals surface area contributed by atoms with Gasteiger partial charge in [-0.2, -0.15) is 13.2 Å². The van der Waals surface area contributed by atoms with Gasteiger partial charge in [-0.25, -0.2) is 13.4 Å². The molecule has 2 N–H and O–H groups in total. The van der Waals surface area contributed by atoms with Gasteiger partial charge in [0.25, 0.3) is 15.6 Å². The summed E-state index contributed by atoms with van der Waals surface area (Å²) in [6, 6.07) is 15.4. The summed E-state index contributed by atoms with van der Waals surface area (Å²) < 4.78 is 67.8. The van der Waals surface area contributed by atoms with Crippen molar-refractivity contribution in [3.63, 3.8) is 0 Å². The van der Waals surface area contributed by atoms with E-state index in [-0.39, 0.29) is 21.5 Å². The van der Waals surface area contributed by atoms with E-state index < -0.39 is 21.8 Å². The molecule has 3 heterocycles. The lowest BCUT2D eigenvalue weighted by Crippen LogP contribution is -2.27. The van der Waals surface area contributed by atoms with Gasteiger partial charge in [0.2, 0.25) is 0 Å². The van der Waals surface area contributed by atoms with Crippen LogP contribution in [0.25, 0.3) is 33.3 Å². The molecule has 2 aromatic heterocycles. The van der Waals surface area contributed by atoms with E-state index in [4.69, 9.17) is 0 Å². The predicted molar refractivity (Wildman–Crippen MR) is 129 cm³/mol.